The standard InChI is InChI=1S/C34H45N7O4/c1-4-5-14-29-37-31-32(27-12-6-7-13-28(27)36-33(31)35)41(29)16-9-15-40(30(42)23-39-19-17-38(3)18-20-39)22-25-10-8-11-26(21-25)45-24(2)34(43)44/h6-8,10-13,21,24H,4-5,9,14-20,22-23H2,1-3H3,(H2,35,36)(H,43,44). The molecule has 45 heavy (non-hydrogen) atoms. The summed E-state index contributed by atoms with van der Waals surface area (Å²) in [6.45, 7) is 9.26. The normalized spacial score (nSPS) is 15.0. The smallest absolute Gasteiger partial charge is 0.344 e. The Hall–Kier alpha value is -4.22. The van der Waals surface area contributed by atoms with E-state index in [4.69, 9.17) is 15.5 Å². The lowest BCUT2D eigenvalue weighted by Gasteiger charge is -2.33. The average Bonchev–Trinajstić information content (AvgIpc) is 3.40. The van der Waals surface area contributed by atoms with Gasteiger partial charge in [0.1, 0.15) is 17.1 Å². The van der Waals surface area contributed by atoms with Crippen LogP contribution in [0, 0.1) is 0 Å². The molecule has 1 unspecified atom stereocenters. The molecule has 4 aromatic rings. The highest BCUT2D eigenvalue weighted by atomic mass is 16.5. The molecule has 5 rings (SSSR count). The van der Waals surface area contributed by atoms with Gasteiger partial charge in [-0.05, 0) is 50.6 Å². The molecule has 2 aromatic heterocycles. The van der Waals surface area contributed by atoms with E-state index in [9.17, 15) is 14.7 Å². The Morgan fingerprint density at radius 2 is 1.84 bits per heavy atom. The third kappa shape index (κ3) is 7.90. The Labute approximate surface area is 264 Å². The molecule has 2 aromatic carbocycles. The number of aromatic nitrogens is 3. The average molecular weight is 616 g/mol. The molecule has 3 N–H and O–H groups in total. The molecule has 1 amide bonds. The highest BCUT2D eigenvalue weighted by Crippen LogP contribution is 2.29. The monoisotopic (exact) mass is 615 g/mol. The molecular weight excluding hydrogens is 570 g/mol. The summed E-state index contributed by atoms with van der Waals surface area (Å²) in [6, 6.07) is 15.4. The second kappa shape index (κ2) is 14.7. The second-order valence-electron chi connectivity index (χ2n) is 12.0. The van der Waals surface area contributed by atoms with Gasteiger partial charge in [0.2, 0.25) is 5.91 Å². The number of hydrogen-bond donors (Lipinski definition) is 2. The largest absolute Gasteiger partial charge is 0.479 e. The summed E-state index contributed by atoms with van der Waals surface area (Å²) in [5.74, 6) is 0.940. The number of nitrogen functional groups attached to an aromatic ring is 1. The fraction of sp³-hybridized carbons (Fsp3) is 0.471. The lowest BCUT2D eigenvalue weighted by atomic mass is 10.1. The molecule has 0 bridgehead atoms. The maximum absolute atomic E-state index is 13.8. The van der Waals surface area contributed by atoms with Gasteiger partial charge in [-0.1, -0.05) is 43.7 Å². The quantitative estimate of drug-likeness (QED) is 0.216. The van der Waals surface area contributed by atoms with Crippen LogP contribution >= 0.6 is 0 Å². The van der Waals surface area contributed by atoms with E-state index in [1.807, 2.05) is 41.3 Å². The predicted molar refractivity (Wildman–Crippen MR) is 176 cm³/mol. The number of nitrogens with two attached hydrogens (primary N) is 1. The van der Waals surface area contributed by atoms with Crippen LogP contribution in [-0.4, -0.2) is 98.6 Å². The van der Waals surface area contributed by atoms with Crippen molar-refractivity contribution < 1.29 is 19.4 Å². The second-order valence-corrected chi connectivity index (χ2v) is 12.0. The van der Waals surface area contributed by atoms with Crippen LogP contribution in [0.4, 0.5) is 5.82 Å². The molecule has 11 nitrogen and oxygen atoms in total. The van der Waals surface area contributed by atoms with Gasteiger partial charge in [0.25, 0.3) is 0 Å². The minimum atomic E-state index is -1.03. The van der Waals surface area contributed by atoms with E-state index in [0.29, 0.717) is 37.7 Å². The summed E-state index contributed by atoms with van der Waals surface area (Å²) >= 11 is 0. The number of carbonyl (C=O) groups is 2. The third-order valence-electron chi connectivity index (χ3n) is 8.49. The zero-order valence-corrected chi connectivity index (χ0v) is 26.6. The van der Waals surface area contributed by atoms with Crippen molar-refractivity contribution in [3.8, 4) is 5.75 Å². The number of likely N-dealkylation sites (N-methyl/N-ethyl adjacent to an activating group) is 1. The van der Waals surface area contributed by atoms with Gasteiger partial charge < -0.3 is 29.9 Å². The molecule has 1 atom stereocenters. The molecule has 0 radical (unpaired) electrons. The number of anilines is 1. The van der Waals surface area contributed by atoms with Crippen molar-refractivity contribution >= 4 is 39.6 Å². The number of carbonyl (C=O) groups excluding carboxylic acids is 1. The third-order valence-corrected chi connectivity index (χ3v) is 8.49. The number of fused-ring (bicyclic) bond motifs is 3. The van der Waals surface area contributed by atoms with Crippen molar-refractivity contribution in [1.29, 1.82) is 0 Å². The van der Waals surface area contributed by atoms with E-state index in [1.165, 1.54) is 6.92 Å². The zero-order valence-electron chi connectivity index (χ0n) is 26.6. The maximum atomic E-state index is 13.8. The van der Waals surface area contributed by atoms with Crippen LogP contribution in [0.3, 0.4) is 0 Å². The van der Waals surface area contributed by atoms with Crippen molar-refractivity contribution in [2.45, 2.75) is 58.7 Å². The van der Waals surface area contributed by atoms with Crippen molar-refractivity contribution in [3.05, 3.63) is 59.9 Å². The van der Waals surface area contributed by atoms with Crippen LogP contribution in [0.15, 0.2) is 48.5 Å². The van der Waals surface area contributed by atoms with E-state index >= 15 is 0 Å². The molecular formula is C34H45N7O4. The summed E-state index contributed by atoms with van der Waals surface area (Å²) in [7, 11) is 2.10. The maximum Gasteiger partial charge on any atom is 0.344 e. The first-order valence-corrected chi connectivity index (χ1v) is 15.9. The van der Waals surface area contributed by atoms with Gasteiger partial charge in [-0.3, -0.25) is 9.69 Å². The summed E-state index contributed by atoms with van der Waals surface area (Å²) in [5, 5.41) is 10.3. The molecule has 0 spiro atoms. The number of carboxylic acids is 1. The summed E-state index contributed by atoms with van der Waals surface area (Å²) in [6.07, 6.45) is 2.67. The van der Waals surface area contributed by atoms with Crippen molar-refractivity contribution in [2.24, 2.45) is 0 Å². The SMILES string of the molecule is CCCCc1nc2c(N)nc3ccccc3c2n1CCCN(Cc1cccc(OC(C)C(=O)O)c1)C(=O)CN1CCN(C)CC1. The van der Waals surface area contributed by atoms with Crippen molar-refractivity contribution in [1.82, 2.24) is 29.2 Å². The summed E-state index contributed by atoms with van der Waals surface area (Å²) in [4.78, 5) is 41.1. The van der Waals surface area contributed by atoms with Crippen molar-refractivity contribution in [3.63, 3.8) is 0 Å². The van der Waals surface area contributed by atoms with E-state index in [2.05, 4.69) is 39.4 Å². The molecule has 0 saturated carbocycles. The van der Waals surface area contributed by atoms with Gasteiger partial charge in [-0.25, -0.2) is 14.8 Å². The Bertz CT molecular complexity index is 1630. The minimum Gasteiger partial charge on any atom is -0.479 e. The number of aryl methyl sites for hydroxylation is 2. The minimum absolute atomic E-state index is 0.0744. The number of para-hydroxylation sites is 1. The predicted octanol–water partition coefficient (Wildman–Crippen LogP) is 4.03. The number of aliphatic carboxylic acids is 1. The number of ether oxygens (including phenoxy) is 1. The van der Waals surface area contributed by atoms with E-state index in [-0.39, 0.29) is 5.91 Å². The van der Waals surface area contributed by atoms with Crippen molar-refractivity contribution in [2.75, 3.05) is 52.0 Å². The number of piperazine rings is 1. The molecule has 1 aliphatic rings. The first-order chi connectivity index (χ1) is 21.7. The number of pyridine rings is 1. The fourth-order valence-electron chi connectivity index (χ4n) is 5.87. The van der Waals surface area contributed by atoms with Gasteiger partial charge in [-0.15, -0.1) is 0 Å². The van der Waals surface area contributed by atoms with E-state index < -0.39 is 12.1 Å². The van der Waals surface area contributed by atoms with E-state index in [1.54, 1.807) is 6.07 Å². The lowest BCUT2D eigenvalue weighted by Crippen LogP contribution is -2.49. The summed E-state index contributed by atoms with van der Waals surface area (Å²) in [5.41, 5.74) is 9.86. The molecule has 1 fully saturated rings. The Morgan fingerprint density at radius 1 is 1.07 bits per heavy atom. The van der Waals surface area contributed by atoms with Gasteiger partial charge >= 0.3 is 5.97 Å². The van der Waals surface area contributed by atoms with Crippen LogP contribution in [0.1, 0.15) is 44.5 Å². The topological polar surface area (TPSA) is 130 Å². The van der Waals surface area contributed by atoms with Crippen LogP contribution in [0.2, 0.25) is 0 Å². The Balaban J connectivity index is 1.38. The Morgan fingerprint density at radius 3 is 2.60 bits per heavy atom. The fourth-order valence-corrected chi connectivity index (χ4v) is 5.87. The number of unbranched alkanes of at least 4 members (excludes halogenated alkanes) is 1. The number of carboxylic acid groups (broad SMARTS) is 1. The van der Waals surface area contributed by atoms with Crippen LogP contribution in [-0.2, 0) is 29.1 Å². The van der Waals surface area contributed by atoms with E-state index in [0.717, 1.165) is 85.2 Å². The molecule has 1 saturated heterocycles. The number of imidazole rings is 1. The van der Waals surface area contributed by atoms with Crippen LogP contribution in [0.25, 0.3) is 21.9 Å². The Kier molecular flexibility index (Phi) is 10.5. The van der Waals surface area contributed by atoms with Crippen LogP contribution < -0.4 is 10.5 Å². The van der Waals surface area contributed by atoms with Gasteiger partial charge in [-0.2, -0.15) is 0 Å². The van der Waals surface area contributed by atoms with Gasteiger partial charge in [0.05, 0.1) is 17.6 Å². The number of amides is 1. The molecule has 0 aliphatic carbocycles. The van der Waals surface area contributed by atoms with Gasteiger partial charge in [0.15, 0.2) is 11.9 Å². The number of rotatable bonds is 14. The number of benzene rings is 2. The van der Waals surface area contributed by atoms with Crippen LogP contribution in [0.5, 0.6) is 5.75 Å². The first kappa shape index (κ1) is 32.2. The molecule has 1 aliphatic heterocycles. The zero-order chi connectivity index (χ0) is 31.9. The summed E-state index contributed by atoms with van der Waals surface area (Å²) < 4.78 is 7.88. The highest BCUT2D eigenvalue weighted by Gasteiger charge is 2.22. The lowest BCUT2D eigenvalue weighted by molar-refractivity contribution is -0.144. The highest BCUT2D eigenvalue weighted by molar-refractivity contribution is 6.06. The number of nitrogens with zero attached hydrogens (tertiary/aromatic N) is 6. The molecule has 240 valence electrons. The number of hydrogen-bond acceptors (Lipinski definition) is 8. The first-order valence-electron chi connectivity index (χ1n) is 15.9. The van der Waals surface area contributed by atoms with Gasteiger partial charge in [0, 0.05) is 57.6 Å². The molecule has 11 heteroatoms. The molecule has 3 heterocycles.